The molecule has 2 aromatic rings. The fraction of sp³-hybridized carbons (Fsp3) is 0.421. The van der Waals surface area contributed by atoms with Gasteiger partial charge >= 0.3 is 5.97 Å². The fourth-order valence-corrected chi connectivity index (χ4v) is 3.25. The van der Waals surface area contributed by atoms with Crippen LogP contribution >= 0.6 is 0 Å². The quantitative estimate of drug-likeness (QED) is 0.748. The third kappa shape index (κ3) is 3.47. The summed E-state index contributed by atoms with van der Waals surface area (Å²) in [4.78, 5) is 17.2. The number of methoxy groups -OCH3 is 2. The number of aromatic nitrogens is 3. The summed E-state index contributed by atoms with van der Waals surface area (Å²) in [6.07, 6.45) is 3.00. The molecule has 8 heteroatoms. The highest BCUT2D eigenvalue weighted by atomic mass is 16.5. The monoisotopic (exact) mass is 372 g/mol. The van der Waals surface area contributed by atoms with Gasteiger partial charge in [-0.25, -0.2) is 9.48 Å². The molecule has 1 aliphatic heterocycles. The summed E-state index contributed by atoms with van der Waals surface area (Å²) < 4.78 is 18.0. The normalized spacial score (nSPS) is 15.8. The van der Waals surface area contributed by atoms with E-state index in [4.69, 9.17) is 14.2 Å². The Hall–Kier alpha value is -3.03. The van der Waals surface area contributed by atoms with Crippen LogP contribution in [0.5, 0.6) is 11.5 Å². The van der Waals surface area contributed by atoms with Crippen LogP contribution in [0.4, 0.5) is 5.95 Å². The van der Waals surface area contributed by atoms with Gasteiger partial charge < -0.3 is 19.5 Å². The van der Waals surface area contributed by atoms with E-state index >= 15 is 0 Å². The minimum Gasteiger partial charge on any atom is -0.497 e. The number of hydrogen-bond acceptors (Lipinski definition) is 7. The lowest BCUT2D eigenvalue weighted by molar-refractivity contribution is -0.139. The van der Waals surface area contributed by atoms with Gasteiger partial charge in [-0.1, -0.05) is 13.3 Å². The molecule has 0 radical (unpaired) electrons. The number of nitrogens with zero attached hydrogens (tertiary/aromatic N) is 3. The Morgan fingerprint density at radius 1 is 1.26 bits per heavy atom. The van der Waals surface area contributed by atoms with E-state index in [0.29, 0.717) is 29.4 Å². The molecule has 0 aliphatic carbocycles. The van der Waals surface area contributed by atoms with Gasteiger partial charge in [-0.15, -0.1) is 0 Å². The fourth-order valence-electron chi connectivity index (χ4n) is 3.25. The van der Waals surface area contributed by atoms with Crippen molar-refractivity contribution in [2.75, 3.05) is 26.1 Å². The zero-order valence-corrected chi connectivity index (χ0v) is 16.0. The van der Waals surface area contributed by atoms with Crippen LogP contribution in [0.15, 0.2) is 35.8 Å². The topological polar surface area (TPSA) is 87.5 Å². The Balaban J connectivity index is 2.24. The van der Waals surface area contributed by atoms with Gasteiger partial charge in [0.1, 0.15) is 23.9 Å². The maximum absolute atomic E-state index is 12.9. The van der Waals surface area contributed by atoms with Crippen LogP contribution in [0, 0.1) is 0 Å². The van der Waals surface area contributed by atoms with Crippen molar-refractivity contribution in [1.29, 1.82) is 0 Å². The van der Waals surface area contributed by atoms with Crippen LogP contribution < -0.4 is 14.8 Å². The van der Waals surface area contributed by atoms with Crippen molar-refractivity contribution in [2.24, 2.45) is 0 Å². The highest BCUT2D eigenvalue weighted by Gasteiger charge is 2.37. The number of ether oxygens (including phenoxy) is 3. The summed E-state index contributed by atoms with van der Waals surface area (Å²) in [6, 6.07) is 4.94. The van der Waals surface area contributed by atoms with Crippen molar-refractivity contribution in [1.82, 2.24) is 14.8 Å². The summed E-state index contributed by atoms with van der Waals surface area (Å²) in [5, 5.41) is 7.57. The lowest BCUT2D eigenvalue weighted by Crippen LogP contribution is -2.30. The molecule has 0 unspecified atom stereocenters. The van der Waals surface area contributed by atoms with E-state index in [9.17, 15) is 4.79 Å². The highest BCUT2D eigenvalue weighted by molar-refractivity contribution is 5.92. The second-order valence-corrected chi connectivity index (χ2v) is 6.03. The van der Waals surface area contributed by atoms with Gasteiger partial charge in [0.2, 0.25) is 5.95 Å². The van der Waals surface area contributed by atoms with Gasteiger partial charge in [0.05, 0.1) is 26.4 Å². The predicted octanol–water partition coefficient (Wildman–Crippen LogP) is 2.93. The van der Waals surface area contributed by atoms with Gasteiger partial charge in [-0.05, 0) is 31.5 Å². The number of hydrogen-bond donors (Lipinski definition) is 1. The standard InChI is InChI=1S/C19H24N4O4/c1-5-7-14-16(18(24)27-6-2)17(23-19(22-14)20-11-21-23)13-10-12(25-3)8-9-15(13)26-4/h8-11,17H,5-7H2,1-4H3,(H,20,21,22)/t17-/m0/s1. The molecule has 0 spiro atoms. The third-order valence-corrected chi connectivity index (χ3v) is 4.41. The molecular weight excluding hydrogens is 348 g/mol. The van der Waals surface area contributed by atoms with Crippen molar-refractivity contribution in [3.8, 4) is 11.5 Å². The molecule has 0 fully saturated rings. The summed E-state index contributed by atoms with van der Waals surface area (Å²) in [7, 11) is 3.19. The first kappa shape index (κ1) is 18.8. The molecule has 0 saturated heterocycles. The summed E-state index contributed by atoms with van der Waals surface area (Å²) in [5.74, 6) is 1.47. The van der Waals surface area contributed by atoms with E-state index in [1.165, 1.54) is 6.33 Å². The molecule has 1 atom stereocenters. The minimum absolute atomic E-state index is 0.286. The first-order chi connectivity index (χ1) is 13.1. The Morgan fingerprint density at radius 2 is 2.07 bits per heavy atom. The number of carbonyl (C=O) groups excluding carboxylic acids is 1. The van der Waals surface area contributed by atoms with Crippen LogP contribution in [0.3, 0.4) is 0 Å². The predicted molar refractivity (Wildman–Crippen MR) is 99.9 cm³/mol. The van der Waals surface area contributed by atoms with Crippen LogP contribution in [-0.4, -0.2) is 41.6 Å². The van der Waals surface area contributed by atoms with Crippen molar-refractivity contribution >= 4 is 11.9 Å². The maximum Gasteiger partial charge on any atom is 0.338 e. The van der Waals surface area contributed by atoms with Crippen molar-refractivity contribution < 1.29 is 19.0 Å². The van der Waals surface area contributed by atoms with E-state index < -0.39 is 6.04 Å². The maximum atomic E-state index is 12.9. The van der Waals surface area contributed by atoms with E-state index in [1.54, 1.807) is 25.8 Å². The van der Waals surface area contributed by atoms with Crippen LogP contribution in [0.1, 0.15) is 38.3 Å². The van der Waals surface area contributed by atoms with Crippen LogP contribution in [0.2, 0.25) is 0 Å². The zero-order chi connectivity index (χ0) is 19.4. The molecule has 1 aromatic heterocycles. The lowest BCUT2D eigenvalue weighted by atomic mass is 9.93. The molecule has 8 nitrogen and oxygen atoms in total. The molecule has 1 aliphatic rings. The lowest BCUT2D eigenvalue weighted by Gasteiger charge is -2.30. The Bertz CT molecular complexity index is 859. The first-order valence-electron chi connectivity index (χ1n) is 8.93. The van der Waals surface area contributed by atoms with Gasteiger partial charge in [-0.2, -0.15) is 10.1 Å². The Labute approximate surface area is 158 Å². The average molecular weight is 372 g/mol. The largest absolute Gasteiger partial charge is 0.497 e. The molecule has 2 heterocycles. The Kier molecular flexibility index (Phi) is 5.63. The van der Waals surface area contributed by atoms with Crippen LogP contribution in [0.25, 0.3) is 0 Å². The summed E-state index contributed by atoms with van der Waals surface area (Å²) >= 11 is 0. The number of carbonyl (C=O) groups is 1. The van der Waals surface area contributed by atoms with Gasteiger partial charge in [0.25, 0.3) is 0 Å². The second kappa shape index (κ2) is 8.11. The van der Waals surface area contributed by atoms with E-state index in [2.05, 4.69) is 22.3 Å². The van der Waals surface area contributed by atoms with E-state index in [0.717, 1.165) is 17.7 Å². The minimum atomic E-state index is -0.533. The number of rotatable bonds is 7. The average Bonchev–Trinajstić information content (AvgIpc) is 3.15. The van der Waals surface area contributed by atoms with Crippen molar-refractivity contribution in [3.05, 3.63) is 41.4 Å². The molecule has 1 N–H and O–H groups in total. The number of esters is 1. The third-order valence-electron chi connectivity index (χ3n) is 4.41. The number of nitrogens with one attached hydrogen (secondary N) is 1. The van der Waals surface area contributed by atoms with E-state index in [-0.39, 0.29) is 12.6 Å². The molecule has 27 heavy (non-hydrogen) atoms. The number of fused-ring (bicyclic) bond motifs is 1. The van der Waals surface area contributed by atoms with Crippen LogP contribution in [-0.2, 0) is 9.53 Å². The molecular formula is C19H24N4O4. The smallest absolute Gasteiger partial charge is 0.338 e. The zero-order valence-electron chi connectivity index (χ0n) is 16.0. The summed E-state index contributed by atoms with van der Waals surface area (Å²) in [5.41, 5.74) is 2.04. The molecule has 144 valence electrons. The number of anilines is 1. The van der Waals surface area contributed by atoms with Crippen molar-refractivity contribution in [3.63, 3.8) is 0 Å². The Morgan fingerprint density at radius 3 is 2.74 bits per heavy atom. The van der Waals surface area contributed by atoms with Crippen molar-refractivity contribution in [2.45, 2.75) is 32.7 Å². The number of benzene rings is 1. The molecule has 0 bridgehead atoms. The molecule has 0 saturated carbocycles. The molecule has 1 aromatic carbocycles. The van der Waals surface area contributed by atoms with Gasteiger partial charge in [-0.3, -0.25) is 0 Å². The SMILES string of the molecule is CCCC1=C(C(=O)OCC)[C@H](c2cc(OC)ccc2OC)n2ncnc2N1. The van der Waals surface area contributed by atoms with E-state index in [1.807, 2.05) is 18.2 Å². The second-order valence-electron chi connectivity index (χ2n) is 6.03. The first-order valence-corrected chi connectivity index (χ1v) is 8.93. The summed E-state index contributed by atoms with van der Waals surface area (Å²) in [6.45, 7) is 4.13. The van der Waals surface area contributed by atoms with Gasteiger partial charge in [0.15, 0.2) is 0 Å². The number of allylic oxidation sites excluding steroid dienone is 1. The highest BCUT2D eigenvalue weighted by Crippen LogP contribution is 2.41. The molecule has 3 rings (SSSR count). The van der Waals surface area contributed by atoms with Gasteiger partial charge in [0, 0.05) is 11.3 Å². The molecule has 0 amide bonds.